The summed E-state index contributed by atoms with van der Waals surface area (Å²) in [4.78, 5) is 14.0. The van der Waals surface area contributed by atoms with Gasteiger partial charge in [0.05, 0.1) is 11.5 Å². The fraction of sp³-hybridized carbons (Fsp3) is 0.833. The first-order chi connectivity index (χ1) is 14.6. The molecule has 0 radical (unpaired) electrons. The molecule has 0 spiro atoms. The first-order valence-corrected chi connectivity index (χ1v) is 11.0. The molecule has 36 heavy (non-hydrogen) atoms. The van der Waals surface area contributed by atoms with Crippen LogP contribution in [0.3, 0.4) is 0 Å². The van der Waals surface area contributed by atoms with Crippen LogP contribution >= 0.6 is 12.2 Å². The second kappa shape index (κ2) is 54.2. The van der Waals surface area contributed by atoms with E-state index < -0.39 is 0 Å². The number of carbonyl (C=O) groups is 1. The fourth-order valence-electron chi connectivity index (χ4n) is 1.43. The third-order valence-corrected chi connectivity index (χ3v) is 3.11. The van der Waals surface area contributed by atoms with Crippen molar-refractivity contribution in [2.45, 2.75) is 90.0 Å². The van der Waals surface area contributed by atoms with Crippen LogP contribution in [0.5, 0.6) is 0 Å². The maximum absolute atomic E-state index is 10.2. The molecule has 0 aliphatic heterocycles. The third-order valence-electron chi connectivity index (χ3n) is 2.96. The minimum absolute atomic E-state index is 0. The molecule has 0 aromatic carbocycles. The first-order valence-electron chi connectivity index (χ1n) is 10.6. The highest BCUT2D eigenvalue weighted by Crippen LogP contribution is 1.78. The molecule has 226 valence electrons. The molecular weight excluding hydrogens is 476 g/mol. The van der Waals surface area contributed by atoms with E-state index in [-0.39, 0.29) is 43.0 Å². The van der Waals surface area contributed by atoms with Crippen LogP contribution in [0.25, 0.3) is 0 Å². The monoisotopic (exact) mass is 547 g/mol. The maximum atomic E-state index is 10.2. The van der Waals surface area contributed by atoms with E-state index in [9.17, 15) is 4.79 Å². The Hall–Kier alpha value is -1.86. The van der Waals surface area contributed by atoms with Crippen molar-refractivity contribution >= 4 is 34.8 Å². The summed E-state index contributed by atoms with van der Waals surface area (Å²) in [5.41, 5.74) is 31.2. The highest BCUT2D eigenvalue weighted by Gasteiger charge is 1.90. The van der Waals surface area contributed by atoms with Gasteiger partial charge in [0, 0.05) is 33.4 Å². The zero-order valence-electron chi connectivity index (χ0n) is 19.8. The smallest absolute Gasteiger partial charge is 0.238 e. The lowest BCUT2D eigenvalue weighted by atomic mass is 10.3. The molecule has 0 aromatic heterocycles. The second-order valence-electron chi connectivity index (χ2n) is 6.47. The van der Waals surface area contributed by atoms with Crippen molar-refractivity contribution in [1.29, 1.82) is 0 Å². The summed E-state index contributed by atoms with van der Waals surface area (Å²) in [6.07, 6.45) is 4.47. The molecule has 0 aliphatic rings. The minimum atomic E-state index is 0. The van der Waals surface area contributed by atoms with E-state index in [0.717, 1.165) is 69.1 Å². The number of rotatable bonds is 12. The summed E-state index contributed by atoms with van der Waals surface area (Å²) in [5, 5.41) is 10.7. The van der Waals surface area contributed by atoms with Crippen molar-refractivity contribution < 1.29 is 15.2 Å². The normalized spacial score (nSPS) is 8.25. The van der Waals surface area contributed by atoms with E-state index in [1.165, 1.54) is 6.92 Å². The van der Waals surface area contributed by atoms with Gasteiger partial charge in [0.15, 0.2) is 0 Å². The molecule has 0 bridgehead atoms. The van der Waals surface area contributed by atoms with Crippen molar-refractivity contribution in [3.8, 4) is 0 Å². The van der Waals surface area contributed by atoms with Crippen molar-refractivity contribution in [2.75, 3.05) is 45.8 Å². The molecule has 0 aliphatic carbocycles. The Labute approximate surface area is 230 Å². The Balaban J connectivity index is -0.0000000369. The number of nitrogens with one attached hydrogen (secondary N) is 3. The summed E-state index contributed by atoms with van der Waals surface area (Å²) in [5.74, 6) is 1.25. The Morgan fingerprint density at radius 2 is 1.14 bits per heavy atom. The molecule has 0 heterocycles. The fourth-order valence-corrected chi connectivity index (χ4v) is 1.53. The molecule has 0 atom stereocenters. The van der Waals surface area contributed by atoms with Gasteiger partial charge in [-0.05, 0) is 58.8 Å². The van der Waals surface area contributed by atoms with Crippen LogP contribution in [-0.2, 0) is 4.79 Å². The van der Waals surface area contributed by atoms with Gasteiger partial charge in [-0.1, -0.05) is 49.4 Å². The Morgan fingerprint density at radius 1 is 0.750 bits per heavy atom. The molecule has 0 fully saturated rings. The number of amidine groups is 2. The molecule has 0 saturated carbocycles. The van der Waals surface area contributed by atoms with Gasteiger partial charge in [-0.2, -0.15) is 0 Å². The predicted molar refractivity (Wildman–Crippen MR) is 170 cm³/mol. The number of carbonyl (C=O) groups excluding carboxylic acids is 1. The molecule has 1 amide bonds. The highest BCUT2D eigenvalue weighted by molar-refractivity contribution is 7.80. The molecular formula is C24H70N10OS+2. The van der Waals surface area contributed by atoms with E-state index in [1.54, 1.807) is 0 Å². The summed E-state index contributed by atoms with van der Waals surface area (Å²) in [6, 6.07) is 0. The van der Waals surface area contributed by atoms with Crippen LogP contribution < -0.4 is 55.4 Å². The quantitative estimate of drug-likeness (QED) is 0.0595. The average molecular weight is 547 g/mol. The summed E-state index contributed by atoms with van der Waals surface area (Å²) in [7, 11) is 0. The lowest BCUT2D eigenvalue weighted by Crippen LogP contribution is -2.74. The second-order valence-corrected chi connectivity index (χ2v) is 7.08. The van der Waals surface area contributed by atoms with E-state index in [0.29, 0.717) is 25.5 Å². The van der Waals surface area contributed by atoms with Crippen LogP contribution in [0, 0.1) is 0 Å². The van der Waals surface area contributed by atoms with Gasteiger partial charge >= 0.3 is 0 Å². The number of nitrogens with two attached hydrogens (primary N) is 7. The summed E-state index contributed by atoms with van der Waals surface area (Å²) >= 11 is 4.76. The minimum Gasteiger partial charge on any atom is -0.380 e. The Kier molecular flexibility index (Phi) is 89.3. The number of hydrogen-bond donors (Lipinski definition) is 10. The summed E-state index contributed by atoms with van der Waals surface area (Å²) < 4.78 is 0. The largest absolute Gasteiger partial charge is 0.380 e. The van der Waals surface area contributed by atoms with Crippen LogP contribution in [0.1, 0.15) is 90.0 Å². The average Bonchev–Trinajstić information content (AvgIpc) is 2.68. The maximum Gasteiger partial charge on any atom is 0.238 e. The van der Waals surface area contributed by atoms with Gasteiger partial charge in [0.2, 0.25) is 17.6 Å². The molecule has 12 heteroatoms. The predicted octanol–water partition coefficient (Wildman–Crippen LogP) is -1.44. The van der Waals surface area contributed by atoms with Crippen LogP contribution in [-0.4, -0.2) is 68.4 Å². The van der Waals surface area contributed by atoms with Crippen molar-refractivity contribution in [3.63, 3.8) is 0 Å². The lowest BCUT2D eigenvalue weighted by molar-refractivity contribution is -0.458. The van der Waals surface area contributed by atoms with Crippen molar-refractivity contribution in [2.24, 2.45) is 34.4 Å². The van der Waals surface area contributed by atoms with Gasteiger partial charge in [0.1, 0.15) is 0 Å². The van der Waals surface area contributed by atoms with Gasteiger partial charge in [-0.15, -0.1) is 0 Å². The Bertz CT molecular complexity index is 427. The number of amides is 1. The van der Waals surface area contributed by atoms with Crippen LogP contribution in [0.2, 0.25) is 0 Å². The van der Waals surface area contributed by atoms with Gasteiger partial charge in [-0.25, -0.2) is 0 Å². The first kappa shape index (κ1) is 59.3. The molecule has 0 unspecified atom stereocenters. The topological polar surface area (TPSA) is 237 Å². The van der Waals surface area contributed by atoms with Gasteiger partial charge < -0.3 is 33.6 Å². The lowest BCUT2D eigenvalue weighted by Gasteiger charge is -1.99. The van der Waals surface area contributed by atoms with E-state index in [1.807, 2.05) is 13.8 Å². The van der Waals surface area contributed by atoms with Crippen molar-refractivity contribution in [3.05, 3.63) is 0 Å². The van der Waals surface area contributed by atoms with Gasteiger partial charge in [0.25, 0.3) is 0 Å². The SMILES string of the molecule is C.C.C.C.C.CC(=O)NCCCN.CC(=S)NCCCN.CC(N)=[NH+]CCCN.NCCCC(N)=[NH2+]. The standard InChI is InChI=1S/C5H13N3.C5H12N2O.C5H12N2S.C4H11N3.5CH4/c1-5(7)8-4-2-3-6;2*1-5(8)7-4-2-3-6;5-3-1-2-4(6)7;;;;;/h2-4,6H2,1H3,(H2,7,8);2*2-4,6H2,1H3,(H,7,8);1-3,5H2,(H3,6,7);5*1H4/p+2. The zero-order chi connectivity index (χ0) is 24.9. The highest BCUT2D eigenvalue weighted by atomic mass is 32.1. The van der Waals surface area contributed by atoms with E-state index >= 15 is 0 Å². The third kappa shape index (κ3) is 106. The summed E-state index contributed by atoms with van der Waals surface area (Å²) in [6.45, 7) is 10.4. The van der Waals surface area contributed by atoms with E-state index in [2.05, 4.69) is 15.6 Å². The molecule has 0 rings (SSSR count). The van der Waals surface area contributed by atoms with Crippen LogP contribution in [0.4, 0.5) is 0 Å². The van der Waals surface area contributed by atoms with Gasteiger partial charge in [-0.3, -0.25) is 26.7 Å². The molecule has 0 saturated heterocycles. The van der Waals surface area contributed by atoms with E-state index in [4.69, 9.17) is 52.0 Å². The zero-order valence-corrected chi connectivity index (χ0v) is 20.7. The number of thiocarbonyl (C=S) groups is 1. The molecule has 0 aromatic rings. The number of hydrogen-bond acceptors (Lipinski definition) is 6. The van der Waals surface area contributed by atoms with Crippen LogP contribution in [0.15, 0.2) is 0 Å². The van der Waals surface area contributed by atoms with Crippen molar-refractivity contribution in [1.82, 2.24) is 10.6 Å². The Morgan fingerprint density at radius 3 is 1.39 bits per heavy atom. The molecule has 11 nitrogen and oxygen atoms in total. The molecule has 17 N–H and O–H groups in total.